The van der Waals surface area contributed by atoms with Crippen LogP contribution in [0.4, 0.5) is 0 Å². The van der Waals surface area contributed by atoms with Gasteiger partial charge >= 0.3 is 0 Å². The maximum atomic E-state index is 13.8. The molecular weight excluding hydrogens is 474 g/mol. The summed E-state index contributed by atoms with van der Waals surface area (Å²) in [6.45, 7) is 10.6. The van der Waals surface area contributed by atoms with E-state index in [0.717, 1.165) is 54.1 Å². The first-order valence-electron chi connectivity index (χ1n) is 13.9. The average molecular weight is 516 g/mol. The van der Waals surface area contributed by atoms with Crippen molar-refractivity contribution in [2.45, 2.75) is 53.4 Å². The zero-order valence-corrected chi connectivity index (χ0v) is 23.5. The van der Waals surface area contributed by atoms with Gasteiger partial charge in [0.2, 0.25) is 5.91 Å². The first-order valence-corrected chi connectivity index (χ1v) is 13.9. The van der Waals surface area contributed by atoms with Crippen molar-refractivity contribution in [1.29, 1.82) is 0 Å². The van der Waals surface area contributed by atoms with Gasteiger partial charge in [-0.15, -0.1) is 0 Å². The number of hydrogen-bond acceptors (Lipinski definition) is 3. The third-order valence-electron chi connectivity index (χ3n) is 7.78. The minimum atomic E-state index is 0.0215. The number of nitrogens with zero attached hydrogens (tertiary/aromatic N) is 3. The second-order valence-electron chi connectivity index (χ2n) is 10.3. The van der Waals surface area contributed by atoms with E-state index in [9.17, 15) is 9.59 Å². The molecule has 0 radical (unpaired) electrons. The van der Waals surface area contributed by atoms with Crippen LogP contribution in [0.5, 0.6) is 5.75 Å². The van der Waals surface area contributed by atoms with E-state index >= 15 is 0 Å². The smallest absolute Gasteiger partial charge is 0.255 e. The highest BCUT2D eigenvalue weighted by Crippen LogP contribution is 2.32. The van der Waals surface area contributed by atoms with E-state index in [0.29, 0.717) is 31.7 Å². The Morgan fingerprint density at radius 2 is 1.53 bits per heavy atom. The van der Waals surface area contributed by atoms with Gasteiger partial charge in [0.1, 0.15) is 5.75 Å². The molecule has 1 aromatic heterocycles. The van der Waals surface area contributed by atoms with Gasteiger partial charge in [0.25, 0.3) is 5.91 Å². The molecule has 38 heavy (non-hydrogen) atoms. The quantitative estimate of drug-likeness (QED) is 0.337. The average Bonchev–Trinajstić information content (AvgIpc) is 3.30. The summed E-state index contributed by atoms with van der Waals surface area (Å²) in [5.74, 6) is 1.16. The van der Waals surface area contributed by atoms with Gasteiger partial charge in [0.05, 0.1) is 18.4 Å². The van der Waals surface area contributed by atoms with Crippen LogP contribution in [0.2, 0.25) is 0 Å². The second-order valence-corrected chi connectivity index (χ2v) is 10.3. The van der Waals surface area contributed by atoms with Crippen molar-refractivity contribution >= 4 is 11.8 Å². The third-order valence-corrected chi connectivity index (χ3v) is 7.78. The lowest BCUT2D eigenvalue weighted by atomic mass is 9.97. The number of unbranched alkanes of at least 4 members (excludes halogenated alkanes) is 1. The minimum Gasteiger partial charge on any atom is -0.497 e. The number of aromatic nitrogens is 1. The van der Waals surface area contributed by atoms with E-state index in [1.165, 1.54) is 5.56 Å². The molecule has 0 bridgehead atoms. The third kappa shape index (κ3) is 5.79. The molecule has 6 nitrogen and oxygen atoms in total. The lowest BCUT2D eigenvalue weighted by Crippen LogP contribution is -2.52. The number of hydrogen-bond donors (Lipinski definition) is 0. The van der Waals surface area contributed by atoms with Crippen LogP contribution in [0.15, 0.2) is 54.6 Å². The van der Waals surface area contributed by atoms with Crippen LogP contribution in [-0.2, 0) is 4.79 Å². The first kappa shape index (κ1) is 27.5. The van der Waals surface area contributed by atoms with E-state index in [1.807, 2.05) is 47.1 Å². The summed E-state index contributed by atoms with van der Waals surface area (Å²) < 4.78 is 7.51. The molecule has 1 unspecified atom stereocenters. The maximum Gasteiger partial charge on any atom is 0.255 e. The molecule has 0 spiro atoms. The topological polar surface area (TPSA) is 54.8 Å². The van der Waals surface area contributed by atoms with Gasteiger partial charge in [-0.25, -0.2) is 0 Å². The fourth-order valence-corrected chi connectivity index (χ4v) is 5.34. The number of amides is 2. The number of piperazine rings is 1. The predicted octanol–water partition coefficient (Wildman–Crippen LogP) is 6.27. The van der Waals surface area contributed by atoms with E-state index < -0.39 is 0 Å². The summed E-state index contributed by atoms with van der Waals surface area (Å²) in [5.41, 5.74) is 5.80. The van der Waals surface area contributed by atoms with Gasteiger partial charge in [0.15, 0.2) is 0 Å². The van der Waals surface area contributed by atoms with Crippen LogP contribution in [0.3, 0.4) is 0 Å². The second kappa shape index (κ2) is 12.3. The summed E-state index contributed by atoms with van der Waals surface area (Å²) in [6, 6.07) is 18.3. The van der Waals surface area contributed by atoms with Crippen molar-refractivity contribution in [1.82, 2.24) is 14.4 Å². The fraction of sp³-hybridized carbons (Fsp3) is 0.438. The number of methoxy groups -OCH3 is 1. The lowest BCUT2D eigenvalue weighted by Gasteiger charge is -2.36. The van der Waals surface area contributed by atoms with Crippen LogP contribution in [0.1, 0.15) is 61.1 Å². The Bertz CT molecular complexity index is 1240. The van der Waals surface area contributed by atoms with E-state index in [1.54, 1.807) is 7.11 Å². The van der Waals surface area contributed by atoms with Gasteiger partial charge in [-0.2, -0.15) is 0 Å². The van der Waals surface area contributed by atoms with E-state index in [2.05, 4.69) is 49.6 Å². The molecule has 1 fully saturated rings. The monoisotopic (exact) mass is 515 g/mol. The van der Waals surface area contributed by atoms with Crippen LogP contribution in [0, 0.1) is 19.8 Å². The molecule has 1 saturated heterocycles. The van der Waals surface area contributed by atoms with Crippen LogP contribution >= 0.6 is 0 Å². The van der Waals surface area contributed by atoms with Crippen molar-refractivity contribution in [2.75, 3.05) is 33.3 Å². The van der Waals surface area contributed by atoms with Crippen molar-refractivity contribution < 1.29 is 14.3 Å². The Labute approximate surface area is 227 Å². The minimum absolute atomic E-state index is 0.0215. The highest BCUT2D eigenvalue weighted by Gasteiger charge is 2.30. The van der Waals surface area contributed by atoms with Gasteiger partial charge in [-0.1, -0.05) is 44.4 Å². The van der Waals surface area contributed by atoms with Crippen LogP contribution < -0.4 is 4.74 Å². The largest absolute Gasteiger partial charge is 0.497 e. The molecule has 0 N–H and O–H groups in total. The number of benzene rings is 2. The highest BCUT2D eigenvalue weighted by molar-refractivity contribution is 5.97. The number of ether oxygens (including phenoxy) is 1. The summed E-state index contributed by atoms with van der Waals surface area (Å²) >= 11 is 0. The Morgan fingerprint density at radius 1 is 0.895 bits per heavy atom. The Kier molecular flexibility index (Phi) is 8.93. The van der Waals surface area contributed by atoms with Crippen molar-refractivity contribution in [3.05, 3.63) is 71.4 Å². The van der Waals surface area contributed by atoms with Gasteiger partial charge < -0.3 is 19.1 Å². The molecule has 3 aromatic rings. The maximum absolute atomic E-state index is 13.8. The number of aryl methyl sites for hydroxylation is 1. The van der Waals surface area contributed by atoms with Gasteiger partial charge in [-0.3, -0.25) is 9.59 Å². The molecule has 2 heterocycles. The molecule has 1 aliphatic heterocycles. The first-order chi connectivity index (χ1) is 18.4. The van der Waals surface area contributed by atoms with E-state index in [4.69, 9.17) is 4.74 Å². The van der Waals surface area contributed by atoms with Crippen molar-refractivity contribution in [2.24, 2.45) is 5.92 Å². The molecule has 4 rings (SSSR count). The molecule has 6 heteroatoms. The van der Waals surface area contributed by atoms with Gasteiger partial charge in [0, 0.05) is 43.5 Å². The molecule has 0 aliphatic carbocycles. The fourth-order valence-electron chi connectivity index (χ4n) is 5.34. The molecule has 2 aromatic carbocycles. The number of carbonyl (C=O) groups is 2. The Hall–Kier alpha value is -3.54. The zero-order chi connectivity index (χ0) is 27.2. The Balaban J connectivity index is 1.58. The zero-order valence-electron chi connectivity index (χ0n) is 23.5. The van der Waals surface area contributed by atoms with Crippen LogP contribution in [-0.4, -0.2) is 59.5 Å². The van der Waals surface area contributed by atoms with Crippen LogP contribution in [0.25, 0.3) is 16.9 Å². The number of carbonyl (C=O) groups excluding carboxylic acids is 2. The molecule has 0 saturated carbocycles. The summed E-state index contributed by atoms with van der Waals surface area (Å²) in [4.78, 5) is 30.7. The predicted molar refractivity (Wildman–Crippen MR) is 153 cm³/mol. The normalized spacial score (nSPS) is 14.4. The van der Waals surface area contributed by atoms with E-state index in [-0.39, 0.29) is 17.7 Å². The van der Waals surface area contributed by atoms with Crippen molar-refractivity contribution in [3.8, 4) is 22.7 Å². The number of rotatable bonds is 9. The summed E-state index contributed by atoms with van der Waals surface area (Å²) in [5, 5.41) is 0. The van der Waals surface area contributed by atoms with Gasteiger partial charge in [-0.05, 0) is 74.7 Å². The lowest BCUT2D eigenvalue weighted by molar-refractivity contribution is -0.137. The summed E-state index contributed by atoms with van der Waals surface area (Å²) in [7, 11) is 1.66. The molecule has 1 aliphatic rings. The standard InChI is InChI=1S/C32H41N3O3/c1-6-8-9-25(7-2)31(36)33-18-20-34(21-19-33)32(37)29-22-30(26-12-16-28(38-5)17-13-26)35(24(29)4)27-14-10-23(3)11-15-27/h10-17,22,25H,6-9,18-21H2,1-5H3. The summed E-state index contributed by atoms with van der Waals surface area (Å²) in [6.07, 6.45) is 4.01. The molecular formula is C32H41N3O3. The SMILES string of the molecule is CCCCC(CC)C(=O)N1CCN(C(=O)c2cc(-c3ccc(OC)cc3)n(-c3ccc(C)cc3)c2C)CC1. The van der Waals surface area contributed by atoms with Crippen molar-refractivity contribution in [3.63, 3.8) is 0 Å². The molecule has 1 atom stereocenters. The molecule has 2 amide bonds. The Morgan fingerprint density at radius 3 is 2.11 bits per heavy atom. The highest BCUT2D eigenvalue weighted by atomic mass is 16.5. The molecule has 202 valence electrons.